The number of carbonyl (C=O) groups is 1. The lowest BCUT2D eigenvalue weighted by atomic mass is 9.98. The van der Waals surface area contributed by atoms with Crippen molar-refractivity contribution in [3.63, 3.8) is 0 Å². The maximum absolute atomic E-state index is 12.5. The van der Waals surface area contributed by atoms with Crippen LogP contribution in [0, 0.1) is 0 Å². The Balaban J connectivity index is 1.94. The van der Waals surface area contributed by atoms with Crippen molar-refractivity contribution in [2.24, 2.45) is 0 Å². The molecule has 0 unspecified atom stereocenters. The highest BCUT2D eigenvalue weighted by Gasteiger charge is 2.15. The molecule has 104 valence electrons. The molecule has 1 aromatic heterocycles. The predicted molar refractivity (Wildman–Crippen MR) is 80.7 cm³/mol. The summed E-state index contributed by atoms with van der Waals surface area (Å²) in [6.07, 6.45) is 0.349. The molecule has 1 heterocycles. The number of aromatic nitrogens is 3. The van der Waals surface area contributed by atoms with Crippen LogP contribution in [-0.4, -0.2) is 21.0 Å². The molecule has 0 amide bonds. The highest BCUT2D eigenvalue weighted by molar-refractivity contribution is 6.02. The summed E-state index contributed by atoms with van der Waals surface area (Å²) in [7, 11) is 0. The van der Waals surface area contributed by atoms with Gasteiger partial charge in [-0.25, -0.2) is 0 Å². The molecule has 0 aliphatic heterocycles. The lowest BCUT2D eigenvalue weighted by Gasteiger charge is -2.06. The van der Waals surface area contributed by atoms with Gasteiger partial charge in [0.1, 0.15) is 0 Å². The molecule has 0 atom stereocenters. The Hall–Kier alpha value is -2.95. The molecule has 0 bridgehead atoms. The molecule has 0 radical (unpaired) electrons. The van der Waals surface area contributed by atoms with Gasteiger partial charge < -0.3 is 5.73 Å². The average molecular weight is 278 g/mol. The third-order valence-electron chi connectivity index (χ3n) is 3.19. The van der Waals surface area contributed by atoms with Crippen LogP contribution >= 0.6 is 0 Å². The zero-order chi connectivity index (χ0) is 14.7. The van der Waals surface area contributed by atoms with Crippen LogP contribution in [0.4, 0.5) is 5.95 Å². The van der Waals surface area contributed by atoms with Gasteiger partial charge in [-0.15, -0.1) is 5.10 Å². The molecule has 5 heteroatoms. The summed E-state index contributed by atoms with van der Waals surface area (Å²) in [5.41, 5.74) is 7.83. The molecule has 0 spiro atoms. The van der Waals surface area contributed by atoms with E-state index in [2.05, 4.69) is 15.2 Å². The van der Waals surface area contributed by atoms with Crippen molar-refractivity contribution in [1.82, 2.24) is 15.2 Å². The maximum Gasteiger partial charge on any atom is 0.239 e. The number of rotatable bonds is 4. The smallest absolute Gasteiger partial charge is 0.239 e. The van der Waals surface area contributed by atoms with E-state index in [0.717, 1.165) is 5.56 Å². The minimum atomic E-state index is 0.0340. The summed E-state index contributed by atoms with van der Waals surface area (Å²) in [6, 6.07) is 17.0. The number of Topliss-reactive ketones (excluding diaryl/α,β-unsaturated/α-hetero) is 1. The van der Waals surface area contributed by atoms with Crippen molar-refractivity contribution in [2.45, 2.75) is 6.42 Å². The molecule has 2 aromatic carbocycles. The van der Waals surface area contributed by atoms with E-state index in [4.69, 9.17) is 5.73 Å². The van der Waals surface area contributed by atoms with Crippen molar-refractivity contribution in [1.29, 1.82) is 0 Å². The van der Waals surface area contributed by atoms with Gasteiger partial charge in [-0.05, 0) is 5.56 Å². The largest absolute Gasteiger partial charge is 0.366 e. The van der Waals surface area contributed by atoms with Gasteiger partial charge in [0.2, 0.25) is 5.95 Å². The van der Waals surface area contributed by atoms with Gasteiger partial charge in [-0.2, -0.15) is 4.98 Å². The molecule has 0 saturated heterocycles. The van der Waals surface area contributed by atoms with Gasteiger partial charge in [-0.1, -0.05) is 54.6 Å². The van der Waals surface area contributed by atoms with Crippen molar-refractivity contribution >= 4 is 11.7 Å². The molecule has 0 saturated carbocycles. The van der Waals surface area contributed by atoms with Gasteiger partial charge in [0, 0.05) is 17.5 Å². The molecule has 21 heavy (non-hydrogen) atoms. The molecular formula is C16H14N4O. The Kier molecular flexibility index (Phi) is 3.47. The number of nitrogen functional groups attached to an aromatic ring is 1. The lowest BCUT2D eigenvalue weighted by molar-refractivity contribution is 0.0993. The number of H-pyrrole nitrogens is 1. The van der Waals surface area contributed by atoms with E-state index < -0.39 is 0 Å². The molecule has 0 aliphatic carbocycles. The highest BCUT2D eigenvalue weighted by atomic mass is 16.1. The van der Waals surface area contributed by atoms with Crippen LogP contribution in [0.1, 0.15) is 15.9 Å². The Labute approximate surface area is 121 Å². The second-order valence-corrected chi connectivity index (χ2v) is 4.67. The van der Waals surface area contributed by atoms with Crippen LogP contribution in [0.2, 0.25) is 0 Å². The monoisotopic (exact) mass is 278 g/mol. The van der Waals surface area contributed by atoms with Gasteiger partial charge in [0.25, 0.3) is 0 Å². The molecular weight excluding hydrogens is 264 g/mol. The number of hydrogen-bond acceptors (Lipinski definition) is 4. The Bertz CT molecular complexity index is 765. The van der Waals surface area contributed by atoms with Crippen LogP contribution in [0.3, 0.4) is 0 Å². The minimum absolute atomic E-state index is 0.0340. The minimum Gasteiger partial charge on any atom is -0.366 e. The molecule has 3 N–H and O–H groups in total. The fourth-order valence-electron chi connectivity index (χ4n) is 2.20. The highest BCUT2D eigenvalue weighted by Crippen LogP contribution is 2.22. The second-order valence-electron chi connectivity index (χ2n) is 4.67. The van der Waals surface area contributed by atoms with Crippen LogP contribution < -0.4 is 5.73 Å². The molecule has 0 aliphatic rings. The number of nitrogens with one attached hydrogen (secondary N) is 1. The van der Waals surface area contributed by atoms with Crippen molar-refractivity contribution in [3.05, 3.63) is 65.7 Å². The molecule has 5 nitrogen and oxygen atoms in total. The van der Waals surface area contributed by atoms with Crippen LogP contribution in [-0.2, 0) is 6.42 Å². The van der Waals surface area contributed by atoms with E-state index in [1.165, 1.54) is 0 Å². The summed E-state index contributed by atoms with van der Waals surface area (Å²) in [6.45, 7) is 0. The topological polar surface area (TPSA) is 84.7 Å². The van der Waals surface area contributed by atoms with E-state index in [1.54, 1.807) is 6.07 Å². The fraction of sp³-hybridized carbons (Fsp3) is 0.0625. The standard InChI is InChI=1S/C16H14N4O/c17-16-18-15(19-20-16)13-9-5-4-8-12(13)14(21)10-11-6-2-1-3-7-11/h1-9H,10H2,(H3,17,18,19,20). The number of anilines is 1. The van der Waals surface area contributed by atoms with Gasteiger partial charge >= 0.3 is 0 Å². The SMILES string of the molecule is Nc1n[nH]c(-c2ccccc2C(=O)Cc2ccccc2)n1. The van der Waals surface area contributed by atoms with Gasteiger partial charge in [-0.3, -0.25) is 9.89 Å². The van der Waals surface area contributed by atoms with Crippen molar-refractivity contribution in [2.75, 3.05) is 5.73 Å². The van der Waals surface area contributed by atoms with E-state index in [-0.39, 0.29) is 11.7 Å². The van der Waals surface area contributed by atoms with Crippen LogP contribution in [0.15, 0.2) is 54.6 Å². The first-order valence-electron chi connectivity index (χ1n) is 6.58. The number of benzene rings is 2. The normalized spacial score (nSPS) is 10.5. The summed E-state index contributed by atoms with van der Waals surface area (Å²) in [4.78, 5) is 16.6. The predicted octanol–water partition coefficient (Wildman–Crippen LogP) is 2.48. The molecule has 3 aromatic rings. The number of hydrogen-bond donors (Lipinski definition) is 2. The fourth-order valence-corrected chi connectivity index (χ4v) is 2.20. The second kappa shape index (κ2) is 5.58. The molecule has 0 fully saturated rings. The Morgan fingerprint density at radius 1 is 1.05 bits per heavy atom. The quantitative estimate of drug-likeness (QED) is 0.718. The van der Waals surface area contributed by atoms with E-state index in [9.17, 15) is 4.79 Å². The van der Waals surface area contributed by atoms with E-state index in [1.807, 2.05) is 48.5 Å². The van der Waals surface area contributed by atoms with E-state index >= 15 is 0 Å². The Morgan fingerprint density at radius 2 is 1.76 bits per heavy atom. The van der Waals surface area contributed by atoms with E-state index in [0.29, 0.717) is 23.4 Å². The zero-order valence-electron chi connectivity index (χ0n) is 11.3. The first-order valence-corrected chi connectivity index (χ1v) is 6.58. The Morgan fingerprint density at radius 3 is 2.48 bits per heavy atom. The number of aromatic amines is 1. The van der Waals surface area contributed by atoms with Crippen LogP contribution in [0.25, 0.3) is 11.4 Å². The summed E-state index contributed by atoms with van der Waals surface area (Å²) in [5.74, 6) is 0.701. The average Bonchev–Trinajstić information content (AvgIpc) is 2.95. The number of nitrogens with zero attached hydrogens (tertiary/aromatic N) is 2. The van der Waals surface area contributed by atoms with Gasteiger partial charge in [0.15, 0.2) is 11.6 Å². The maximum atomic E-state index is 12.5. The lowest BCUT2D eigenvalue weighted by Crippen LogP contribution is -2.05. The number of ketones is 1. The van der Waals surface area contributed by atoms with Crippen molar-refractivity contribution in [3.8, 4) is 11.4 Å². The third-order valence-corrected chi connectivity index (χ3v) is 3.19. The summed E-state index contributed by atoms with van der Waals surface area (Å²) in [5, 5.41) is 6.55. The van der Waals surface area contributed by atoms with Gasteiger partial charge in [0.05, 0.1) is 0 Å². The first-order chi connectivity index (χ1) is 10.2. The number of carbonyl (C=O) groups excluding carboxylic acids is 1. The van der Waals surface area contributed by atoms with Crippen LogP contribution in [0.5, 0.6) is 0 Å². The first kappa shape index (κ1) is 13.1. The summed E-state index contributed by atoms with van der Waals surface area (Å²) >= 11 is 0. The number of nitrogens with two attached hydrogens (primary N) is 1. The summed E-state index contributed by atoms with van der Waals surface area (Å²) < 4.78 is 0. The molecule has 3 rings (SSSR count). The van der Waals surface area contributed by atoms with Crippen molar-refractivity contribution < 1.29 is 4.79 Å². The zero-order valence-corrected chi connectivity index (χ0v) is 11.3. The third kappa shape index (κ3) is 2.81.